The number of benzene rings is 1. The molecule has 1 aromatic carbocycles. The molecule has 0 fully saturated rings. The van der Waals surface area contributed by atoms with Gasteiger partial charge in [-0.15, -0.1) is 11.3 Å². The van der Waals surface area contributed by atoms with Gasteiger partial charge < -0.3 is 0 Å². The van der Waals surface area contributed by atoms with Gasteiger partial charge in [0, 0.05) is 5.56 Å². The molecule has 0 aliphatic rings. The SMILES string of the molecule is CCCc1ccc(C(=O)c2ccc(Cl)s2)cc1. The molecule has 0 aliphatic carbocycles. The van der Waals surface area contributed by atoms with Crippen molar-refractivity contribution in [3.63, 3.8) is 0 Å². The van der Waals surface area contributed by atoms with E-state index in [1.165, 1.54) is 16.9 Å². The Kier molecular flexibility index (Phi) is 3.97. The summed E-state index contributed by atoms with van der Waals surface area (Å²) in [5.74, 6) is 0.0462. The Balaban J connectivity index is 2.20. The third-order valence-electron chi connectivity index (χ3n) is 2.55. The molecule has 17 heavy (non-hydrogen) atoms. The smallest absolute Gasteiger partial charge is 0.202 e. The van der Waals surface area contributed by atoms with Crippen molar-refractivity contribution >= 4 is 28.7 Å². The van der Waals surface area contributed by atoms with E-state index in [4.69, 9.17) is 11.6 Å². The summed E-state index contributed by atoms with van der Waals surface area (Å²) in [5.41, 5.74) is 2.00. The normalized spacial score (nSPS) is 10.5. The minimum atomic E-state index is 0.0462. The summed E-state index contributed by atoms with van der Waals surface area (Å²) in [7, 11) is 0. The molecule has 2 aromatic rings. The molecule has 0 aliphatic heterocycles. The van der Waals surface area contributed by atoms with Crippen molar-refractivity contribution in [3.8, 4) is 0 Å². The second-order valence-electron chi connectivity index (χ2n) is 3.88. The molecule has 0 saturated heterocycles. The first-order valence-electron chi connectivity index (χ1n) is 5.59. The summed E-state index contributed by atoms with van der Waals surface area (Å²) < 4.78 is 0.649. The van der Waals surface area contributed by atoms with E-state index in [1.54, 1.807) is 12.1 Å². The molecule has 3 heteroatoms. The van der Waals surface area contributed by atoms with Gasteiger partial charge in [0.15, 0.2) is 0 Å². The molecule has 0 unspecified atom stereocenters. The van der Waals surface area contributed by atoms with Crippen LogP contribution in [-0.2, 0) is 6.42 Å². The van der Waals surface area contributed by atoms with E-state index < -0.39 is 0 Å². The van der Waals surface area contributed by atoms with Gasteiger partial charge in [0.1, 0.15) is 0 Å². The van der Waals surface area contributed by atoms with Crippen LogP contribution in [0.3, 0.4) is 0 Å². The van der Waals surface area contributed by atoms with Gasteiger partial charge in [-0.2, -0.15) is 0 Å². The van der Waals surface area contributed by atoms with Crippen LogP contribution in [0.5, 0.6) is 0 Å². The van der Waals surface area contributed by atoms with Gasteiger partial charge in [0.25, 0.3) is 0 Å². The maximum absolute atomic E-state index is 12.1. The topological polar surface area (TPSA) is 17.1 Å². The molecule has 1 heterocycles. The van der Waals surface area contributed by atoms with Crippen LogP contribution in [0.1, 0.15) is 34.1 Å². The first-order chi connectivity index (χ1) is 8.20. The minimum absolute atomic E-state index is 0.0462. The zero-order chi connectivity index (χ0) is 12.3. The van der Waals surface area contributed by atoms with Crippen LogP contribution in [0.4, 0.5) is 0 Å². The lowest BCUT2D eigenvalue weighted by Gasteiger charge is -2.01. The fraction of sp³-hybridized carbons (Fsp3) is 0.214. The maximum atomic E-state index is 12.1. The number of aryl methyl sites for hydroxylation is 1. The quantitative estimate of drug-likeness (QED) is 0.739. The first kappa shape index (κ1) is 12.3. The van der Waals surface area contributed by atoms with Crippen molar-refractivity contribution in [1.82, 2.24) is 0 Å². The highest BCUT2D eigenvalue weighted by Crippen LogP contribution is 2.24. The zero-order valence-electron chi connectivity index (χ0n) is 9.57. The average molecular weight is 265 g/mol. The molecule has 2 rings (SSSR count). The van der Waals surface area contributed by atoms with Gasteiger partial charge in [-0.1, -0.05) is 49.2 Å². The lowest BCUT2D eigenvalue weighted by atomic mass is 10.0. The Morgan fingerprint density at radius 2 is 1.88 bits per heavy atom. The van der Waals surface area contributed by atoms with Gasteiger partial charge in [-0.25, -0.2) is 0 Å². The predicted octanol–water partition coefficient (Wildman–Crippen LogP) is 4.59. The van der Waals surface area contributed by atoms with Gasteiger partial charge in [-0.05, 0) is 24.1 Å². The van der Waals surface area contributed by atoms with Gasteiger partial charge in [0.05, 0.1) is 9.21 Å². The van der Waals surface area contributed by atoms with Crippen molar-refractivity contribution < 1.29 is 4.79 Å². The van der Waals surface area contributed by atoms with Crippen LogP contribution in [0, 0.1) is 0 Å². The van der Waals surface area contributed by atoms with Crippen LogP contribution < -0.4 is 0 Å². The molecule has 0 atom stereocenters. The van der Waals surface area contributed by atoms with E-state index in [1.807, 2.05) is 24.3 Å². The molecule has 1 nitrogen and oxygen atoms in total. The maximum Gasteiger partial charge on any atom is 0.202 e. The second kappa shape index (κ2) is 5.48. The van der Waals surface area contributed by atoms with Gasteiger partial charge >= 0.3 is 0 Å². The Hall–Kier alpha value is -1.12. The number of hydrogen-bond donors (Lipinski definition) is 0. The standard InChI is InChI=1S/C14H13ClOS/c1-2-3-10-4-6-11(7-5-10)14(16)12-8-9-13(15)17-12/h4-9H,2-3H2,1H3. The Morgan fingerprint density at radius 3 is 2.41 bits per heavy atom. The molecule has 0 bridgehead atoms. The van der Waals surface area contributed by atoms with Crippen molar-refractivity contribution in [1.29, 1.82) is 0 Å². The molecule has 0 radical (unpaired) electrons. The number of halogens is 1. The van der Waals surface area contributed by atoms with Gasteiger partial charge in [-0.3, -0.25) is 4.79 Å². The highest BCUT2D eigenvalue weighted by Gasteiger charge is 2.11. The Labute approximate surface area is 110 Å². The van der Waals surface area contributed by atoms with E-state index in [9.17, 15) is 4.79 Å². The lowest BCUT2D eigenvalue weighted by molar-refractivity contribution is 0.104. The van der Waals surface area contributed by atoms with Crippen LogP contribution in [-0.4, -0.2) is 5.78 Å². The largest absolute Gasteiger partial charge is 0.288 e. The van der Waals surface area contributed by atoms with Crippen LogP contribution >= 0.6 is 22.9 Å². The third kappa shape index (κ3) is 2.96. The number of carbonyl (C=O) groups is 1. The highest BCUT2D eigenvalue weighted by molar-refractivity contribution is 7.18. The fourth-order valence-electron chi connectivity index (χ4n) is 1.69. The van der Waals surface area contributed by atoms with E-state index in [2.05, 4.69) is 6.92 Å². The Bertz CT molecular complexity index is 513. The van der Waals surface area contributed by atoms with Crippen molar-refractivity contribution in [3.05, 3.63) is 56.7 Å². The molecule has 0 amide bonds. The van der Waals surface area contributed by atoms with E-state index in [-0.39, 0.29) is 5.78 Å². The Morgan fingerprint density at radius 1 is 1.18 bits per heavy atom. The van der Waals surface area contributed by atoms with Crippen molar-refractivity contribution in [2.75, 3.05) is 0 Å². The summed E-state index contributed by atoms with van der Waals surface area (Å²) in [6, 6.07) is 11.3. The highest BCUT2D eigenvalue weighted by atomic mass is 35.5. The first-order valence-corrected chi connectivity index (χ1v) is 6.79. The predicted molar refractivity (Wildman–Crippen MR) is 73.2 cm³/mol. The number of carbonyl (C=O) groups excluding carboxylic acids is 1. The van der Waals surface area contributed by atoms with Crippen LogP contribution in [0.25, 0.3) is 0 Å². The summed E-state index contributed by atoms with van der Waals surface area (Å²) in [6.45, 7) is 2.15. The molecule has 88 valence electrons. The summed E-state index contributed by atoms with van der Waals surface area (Å²) in [5, 5.41) is 0. The van der Waals surface area contributed by atoms with E-state index in [0.29, 0.717) is 9.21 Å². The number of thiophene rings is 1. The number of hydrogen-bond acceptors (Lipinski definition) is 2. The fourth-order valence-corrected chi connectivity index (χ4v) is 2.70. The second-order valence-corrected chi connectivity index (χ2v) is 5.59. The molecule has 0 saturated carbocycles. The van der Waals surface area contributed by atoms with E-state index >= 15 is 0 Å². The monoisotopic (exact) mass is 264 g/mol. The van der Waals surface area contributed by atoms with Crippen LogP contribution in [0.15, 0.2) is 36.4 Å². The van der Waals surface area contributed by atoms with Crippen LogP contribution in [0.2, 0.25) is 4.34 Å². The summed E-state index contributed by atoms with van der Waals surface area (Å²) >= 11 is 7.15. The molecular weight excluding hydrogens is 252 g/mol. The number of rotatable bonds is 4. The zero-order valence-corrected chi connectivity index (χ0v) is 11.1. The molecule has 1 aromatic heterocycles. The van der Waals surface area contributed by atoms with E-state index in [0.717, 1.165) is 18.4 Å². The van der Waals surface area contributed by atoms with Crippen molar-refractivity contribution in [2.45, 2.75) is 19.8 Å². The summed E-state index contributed by atoms with van der Waals surface area (Å²) in [4.78, 5) is 12.8. The minimum Gasteiger partial charge on any atom is -0.288 e. The molecule has 0 spiro atoms. The summed E-state index contributed by atoms with van der Waals surface area (Å²) in [6.07, 6.45) is 2.17. The molecular formula is C14H13ClOS. The lowest BCUT2D eigenvalue weighted by Crippen LogP contribution is -1.98. The average Bonchev–Trinajstić information content (AvgIpc) is 2.76. The van der Waals surface area contributed by atoms with Crippen molar-refractivity contribution in [2.24, 2.45) is 0 Å². The number of ketones is 1. The van der Waals surface area contributed by atoms with Gasteiger partial charge in [0.2, 0.25) is 5.78 Å². The third-order valence-corrected chi connectivity index (χ3v) is 3.78. The molecule has 0 N–H and O–H groups in total.